The van der Waals surface area contributed by atoms with Crippen LogP contribution in [0.15, 0.2) is 18.2 Å². The molecule has 4 N–H and O–H groups in total. The van der Waals surface area contributed by atoms with Crippen LogP contribution in [0, 0.1) is 0 Å². The molecule has 1 amide bonds. The predicted molar refractivity (Wildman–Crippen MR) is 70.6 cm³/mol. The van der Waals surface area contributed by atoms with Crippen molar-refractivity contribution in [1.29, 1.82) is 0 Å². The molecule has 0 aromatic heterocycles. The Bertz CT molecular complexity index is 421. The van der Waals surface area contributed by atoms with E-state index in [1.165, 1.54) is 0 Å². The van der Waals surface area contributed by atoms with Crippen LogP contribution in [-0.4, -0.2) is 25.6 Å². The number of fused-ring (bicyclic) bond motifs is 1. The summed E-state index contributed by atoms with van der Waals surface area (Å²) in [7, 11) is 0. The Morgan fingerprint density at radius 1 is 1.39 bits per heavy atom. The maximum Gasteiger partial charge on any atom is 0.262 e. The normalized spacial score (nSPS) is 13.7. The molecule has 0 saturated carbocycles. The van der Waals surface area contributed by atoms with Crippen LogP contribution < -0.4 is 21.1 Å². The SMILES string of the molecule is NCCCCNCc1ccc2c(c1)NC(=O)CO2. The Balaban J connectivity index is 1.86. The molecule has 1 heterocycles. The zero-order valence-electron chi connectivity index (χ0n) is 10.4. The highest BCUT2D eigenvalue weighted by molar-refractivity contribution is 5.95. The van der Waals surface area contributed by atoms with E-state index in [9.17, 15) is 4.79 Å². The minimum absolute atomic E-state index is 0.101. The van der Waals surface area contributed by atoms with Gasteiger partial charge in [0, 0.05) is 6.54 Å². The summed E-state index contributed by atoms with van der Waals surface area (Å²) < 4.78 is 5.30. The van der Waals surface area contributed by atoms with Crippen molar-refractivity contribution in [1.82, 2.24) is 5.32 Å². The molecule has 18 heavy (non-hydrogen) atoms. The lowest BCUT2D eigenvalue weighted by Gasteiger charge is -2.18. The molecule has 1 aromatic rings. The molecule has 0 radical (unpaired) electrons. The lowest BCUT2D eigenvalue weighted by Crippen LogP contribution is -2.25. The summed E-state index contributed by atoms with van der Waals surface area (Å²) in [5.41, 5.74) is 7.32. The van der Waals surface area contributed by atoms with Gasteiger partial charge in [-0.3, -0.25) is 4.79 Å². The van der Waals surface area contributed by atoms with Crippen molar-refractivity contribution in [3.05, 3.63) is 23.8 Å². The Hall–Kier alpha value is -1.59. The van der Waals surface area contributed by atoms with Gasteiger partial charge in [0.2, 0.25) is 0 Å². The van der Waals surface area contributed by atoms with Gasteiger partial charge in [0.1, 0.15) is 5.75 Å². The number of rotatable bonds is 6. The van der Waals surface area contributed by atoms with E-state index in [1.807, 2.05) is 18.2 Å². The van der Waals surface area contributed by atoms with Crippen molar-refractivity contribution < 1.29 is 9.53 Å². The third kappa shape index (κ3) is 3.45. The quantitative estimate of drug-likeness (QED) is 0.653. The van der Waals surface area contributed by atoms with E-state index < -0.39 is 0 Å². The van der Waals surface area contributed by atoms with Gasteiger partial charge in [-0.15, -0.1) is 0 Å². The maximum absolute atomic E-state index is 11.2. The summed E-state index contributed by atoms with van der Waals surface area (Å²) in [6.07, 6.45) is 2.13. The van der Waals surface area contributed by atoms with E-state index in [-0.39, 0.29) is 12.5 Å². The number of anilines is 1. The summed E-state index contributed by atoms with van der Waals surface area (Å²) in [5.74, 6) is 0.636. The van der Waals surface area contributed by atoms with Crippen LogP contribution in [0.2, 0.25) is 0 Å². The van der Waals surface area contributed by atoms with Gasteiger partial charge in [-0.2, -0.15) is 0 Å². The van der Waals surface area contributed by atoms with Gasteiger partial charge in [0.05, 0.1) is 5.69 Å². The molecule has 0 saturated heterocycles. The van der Waals surface area contributed by atoms with E-state index in [0.29, 0.717) is 0 Å². The van der Waals surface area contributed by atoms with Gasteiger partial charge < -0.3 is 21.1 Å². The Morgan fingerprint density at radius 2 is 2.28 bits per heavy atom. The fourth-order valence-corrected chi connectivity index (χ4v) is 1.87. The van der Waals surface area contributed by atoms with Gasteiger partial charge in [0.25, 0.3) is 5.91 Å². The molecule has 0 atom stereocenters. The van der Waals surface area contributed by atoms with Crippen LogP contribution in [0.25, 0.3) is 0 Å². The van der Waals surface area contributed by atoms with Crippen molar-refractivity contribution >= 4 is 11.6 Å². The number of amides is 1. The van der Waals surface area contributed by atoms with Gasteiger partial charge in [-0.1, -0.05) is 6.07 Å². The van der Waals surface area contributed by atoms with E-state index in [0.717, 1.165) is 49.5 Å². The molecule has 5 heteroatoms. The second kappa shape index (κ2) is 6.37. The number of carbonyl (C=O) groups is 1. The summed E-state index contributed by atoms with van der Waals surface area (Å²) in [5, 5.41) is 6.15. The summed E-state index contributed by atoms with van der Waals surface area (Å²) in [4.78, 5) is 11.2. The topological polar surface area (TPSA) is 76.4 Å². The van der Waals surface area contributed by atoms with Crippen molar-refractivity contribution in [2.24, 2.45) is 5.73 Å². The molecule has 5 nitrogen and oxygen atoms in total. The van der Waals surface area contributed by atoms with Crippen molar-refractivity contribution in [2.45, 2.75) is 19.4 Å². The minimum Gasteiger partial charge on any atom is -0.482 e. The highest BCUT2D eigenvalue weighted by Gasteiger charge is 2.15. The van der Waals surface area contributed by atoms with Gasteiger partial charge in [-0.25, -0.2) is 0 Å². The van der Waals surface area contributed by atoms with Crippen LogP contribution in [0.5, 0.6) is 5.75 Å². The van der Waals surface area contributed by atoms with E-state index in [2.05, 4.69) is 10.6 Å². The number of unbranched alkanes of at least 4 members (excludes halogenated alkanes) is 1. The number of hydrogen-bond donors (Lipinski definition) is 3. The molecule has 0 spiro atoms. The zero-order chi connectivity index (χ0) is 12.8. The molecular formula is C13H19N3O2. The first-order valence-electron chi connectivity index (χ1n) is 6.26. The summed E-state index contributed by atoms with van der Waals surface area (Å²) in [6.45, 7) is 2.58. The maximum atomic E-state index is 11.2. The summed E-state index contributed by atoms with van der Waals surface area (Å²) in [6, 6.07) is 5.85. The van der Waals surface area contributed by atoms with Crippen molar-refractivity contribution in [3.63, 3.8) is 0 Å². The van der Waals surface area contributed by atoms with E-state index in [1.54, 1.807) is 0 Å². The standard InChI is InChI=1S/C13H19N3O2/c14-5-1-2-6-15-8-10-3-4-12-11(7-10)16-13(17)9-18-12/h3-4,7,15H,1-2,5-6,8-9,14H2,(H,16,17). The molecule has 1 aromatic carbocycles. The fraction of sp³-hybridized carbons (Fsp3) is 0.462. The average molecular weight is 249 g/mol. The van der Waals surface area contributed by atoms with Crippen LogP contribution in [0.4, 0.5) is 5.69 Å². The van der Waals surface area contributed by atoms with Crippen LogP contribution >= 0.6 is 0 Å². The van der Waals surface area contributed by atoms with E-state index >= 15 is 0 Å². The third-order valence-corrected chi connectivity index (χ3v) is 2.81. The number of benzene rings is 1. The number of ether oxygens (including phenoxy) is 1. The monoisotopic (exact) mass is 249 g/mol. The number of nitrogens with two attached hydrogens (primary N) is 1. The number of hydrogen-bond acceptors (Lipinski definition) is 4. The molecule has 1 aliphatic heterocycles. The molecule has 0 unspecified atom stereocenters. The number of carbonyl (C=O) groups excluding carboxylic acids is 1. The fourth-order valence-electron chi connectivity index (χ4n) is 1.87. The molecule has 0 aliphatic carbocycles. The first-order chi connectivity index (χ1) is 8.79. The van der Waals surface area contributed by atoms with Crippen molar-refractivity contribution in [2.75, 3.05) is 25.0 Å². The summed E-state index contributed by atoms with van der Waals surface area (Å²) >= 11 is 0. The molecule has 98 valence electrons. The molecular weight excluding hydrogens is 230 g/mol. The lowest BCUT2D eigenvalue weighted by molar-refractivity contribution is -0.118. The largest absolute Gasteiger partial charge is 0.482 e. The Morgan fingerprint density at radius 3 is 3.11 bits per heavy atom. The molecule has 0 bridgehead atoms. The minimum atomic E-state index is -0.101. The zero-order valence-corrected chi connectivity index (χ0v) is 10.4. The second-order valence-electron chi connectivity index (χ2n) is 4.34. The average Bonchev–Trinajstić information content (AvgIpc) is 2.38. The smallest absolute Gasteiger partial charge is 0.262 e. The lowest BCUT2D eigenvalue weighted by atomic mass is 10.1. The van der Waals surface area contributed by atoms with E-state index in [4.69, 9.17) is 10.5 Å². The molecule has 1 aliphatic rings. The van der Waals surface area contributed by atoms with Gasteiger partial charge in [-0.05, 0) is 43.6 Å². The predicted octanol–water partition coefficient (Wildman–Crippen LogP) is 0.846. The Kier molecular flexibility index (Phi) is 4.55. The Labute approximate surface area is 107 Å². The first-order valence-corrected chi connectivity index (χ1v) is 6.26. The second-order valence-corrected chi connectivity index (χ2v) is 4.34. The van der Waals surface area contributed by atoms with Crippen molar-refractivity contribution in [3.8, 4) is 5.75 Å². The van der Waals surface area contributed by atoms with Crippen LogP contribution in [-0.2, 0) is 11.3 Å². The first kappa shape index (κ1) is 12.9. The third-order valence-electron chi connectivity index (χ3n) is 2.81. The van der Waals surface area contributed by atoms with Gasteiger partial charge >= 0.3 is 0 Å². The van der Waals surface area contributed by atoms with Gasteiger partial charge in [0.15, 0.2) is 6.61 Å². The van der Waals surface area contributed by atoms with Crippen LogP contribution in [0.1, 0.15) is 18.4 Å². The highest BCUT2D eigenvalue weighted by Crippen LogP contribution is 2.28. The number of nitrogens with one attached hydrogen (secondary N) is 2. The highest BCUT2D eigenvalue weighted by atomic mass is 16.5. The molecule has 2 rings (SSSR count). The van der Waals surface area contributed by atoms with Crippen LogP contribution in [0.3, 0.4) is 0 Å². The molecule has 0 fully saturated rings.